The number of fused-ring (bicyclic) bond motifs is 1. The Labute approximate surface area is 146 Å². The second kappa shape index (κ2) is 6.98. The van der Waals surface area contributed by atoms with E-state index < -0.39 is 18.5 Å². The molecule has 2 aromatic heterocycles. The van der Waals surface area contributed by atoms with E-state index in [0.717, 1.165) is 4.88 Å². The molecule has 0 spiro atoms. The minimum atomic E-state index is -0.619. The third-order valence-corrected chi connectivity index (χ3v) is 4.56. The van der Waals surface area contributed by atoms with Gasteiger partial charge in [-0.25, -0.2) is 14.6 Å². The first kappa shape index (κ1) is 16.4. The number of hydrogen-bond donors (Lipinski definition) is 0. The maximum absolute atomic E-state index is 12.4. The number of thiophene rings is 1. The lowest BCUT2D eigenvalue weighted by atomic mass is 10.1. The van der Waals surface area contributed by atoms with Crippen LogP contribution in [0.25, 0.3) is 21.5 Å². The Kier molecular flexibility index (Phi) is 4.78. The fraction of sp³-hybridized carbons (Fsp3) is 0.118. The average Bonchev–Trinajstić information content (AvgIpc) is 3.04. The predicted molar refractivity (Wildman–Crippen MR) is 92.4 cm³/mol. The molecule has 1 aromatic carbocycles. The van der Waals surface area contributed by atoms with Crippen LogP contribution in [0, 0.1) is 0 Å². The number of nitrogens with zero attached hydrogens (tertiary/aromatic N) is 1. The molecule has 0 N–H and O–H groups in total. The fourth-order valence-electron chi connectivity index (χ4n) is 2.18. The van der Waals surface area contributed by atoms with Gasteiger partial charge in [-0.1, -0.05) is 29.8 Å². The van der Waals surface area contributed by atoms with Crippen LogP contribution >= 0.6 is 22.9 Å². The van der Waals surface area contributed by atoms with Crippen molar-refractivity contribution in [3.05, 3.63) is 52.4 Å². The summed E-state index contributed by atoms with van der Waals surface area (Å²) in [6, 6.07) is 12.5. The van der Waals surface area contributed by atoms with Crippen molar-refractivity contribution in [3.8, 4) is 10.6 Å². The largest absolute Gasteiger partial charge is 0.466 e. The van der Waals surface area contributed by atoms with Gasteiger partial charge in [-0.2, -0.15) is 0 Å². The van der Waals surface area contributed by atoms with Gasteiger partial charge in [0.05, 0.1) is 33.1 Å². The summed E-state index contributed by atoms with van der Waals surface area (Å²) in [4.78, 5) is 29.0. The van der Waals surface area contributed by atoms with Crippen LogP contribution in [0.5, 0.6) is 0 Å². The Morgan fingerprint density at radius 2 is 2.00 bits per heavy atom. The van der Waals surface area contributed by atoms with Crippen molar-refractivity contribution in [2.45, 2.75) is 0 Å². The number of pyridine rings is 1. The van der Waals surface area contributed by atoms with E-state index in [1.54, 1.807) is 18.2 Å². The van der Waals surface area contributed by atoms with E-state index in [1.165, 1.54) is 18.4 Å². The zero-order valence-corrected chi connectivity index (χ0v) is 14.2. The number of rotatable bonds is 4. The van der Waals surface area contributed by atoms with Crippen LogP contribution in [0.15, 0.2) is 42.5 Å². The monoisotopic (exact) mass is 361 g/mol. The molecular weight excluding hydrogens is 350 g/mol. The zero-order chi connectivity index (χ0) is 17.1. The zero-order valence-electron chi connectivity index (χ0n) is 12.6. The number of benzene rings is 1. The average molecular weight is 362 g/mol. The van der Waals surface area contributed by atoms with Crippen LogP contribution in [0.1, 0.15) is 10.4 Å². The molecule has 3 aromatic rings. The van der Waals surface area contributed by atoms with E-state index in [0.29, 0.717) is 26.5 Å². The van der Waals surface area contributed by atoms with Gasteiger partial charge in [-0.15, -0.1) is 11.3 Å². The Balaban J connectivity index is 2.04. The number of ether oxygens (including phenoxy) is 2. The summed E-state index contributed by atoms with van der Waals surface area (Å²) in [7, 11) is 1.23. The lowest BCUT2D eigenvalue weighted by molar-refractivity contribution is -0.144. The Morgan fingerprint density at radius 3 is 2.71 bits per heavy atom. The third-order valence-electron chi connectivity index (χ3n) is 3.31. The lowest BCUT2D eigenvalue weighted by Gasteiger charge is -2.08. The molecule has 3 rings (SSSR count). The van der Waals surface area contributed by atoms with Gasteiger partial charge in [0.1, 0.15) is 0 Å². The lowest BCUT2D eigenvalue weighted by Crippen LogP contribution is -2.15. The Hall–Kier alpha value is -2.44. The highest BCUT2D eigenvalue weighted by Crippen LogP contribution is 2.32. The minimum Gasteiger partial charge on any atom is -0.466 e. The first-order valence-corrected chi connectivity index (χ1v) is 8.17. The normalized spacial score (nSPS) is 10.6. The summed E-state index contributed by atoms with van der Waals surface area (Å²) in [5, 5.41) is 0.652. The standard InChI is InChI=1S/C17H12ClNO4S/c1-22-16(20)9-23-17(21)11-8-13(14-6-7-15(18)24-14)19-12-5-3-2-4-10(11)12/h2-8H,9H2,1H3. The summed E-state index contributed by atoms with van der Waals surface area (Å²) < 4.78 is 10.1. The summed E-state index contributed by atoms with van der Waals surface area (Å²) in [6.07, 6.45) is 0. The van der Waals surface area contributed by atoms with Crippen molar-refractivity contribution >= 4 is 45.8 Å². The molecule has 122 valence electrons. The van der Waals surface area contributed by atoms with Gasteiger partial charge in [0.15, 0.2) is 6.61 Å². The molecule has 7 heteroatoms. The van der Waals surface area contributed by atoms with Gasteiger partial charge >= 0.3 is 11.9 Å². The van der Waals surface area contributed by atoms with Gasteiger partial charge in [0.2, 0.25) is 0 Å². The molecule has 0 unspecified atom stereocenters. The minimum absolute atomic E-state index is 0.337. The second-order valence-electron chi connectivity index (χ2n) is 4.83. The molecular formula is C17H12ClNO4S. The summed E-state index contributed by atoms with van der Waals surface area (Å²) in [5.41, 5.74) is 1.61. The second-order valence-corrected chi connectivity index (χ2v) is 6.54. The van der Waals surface area contributed by atoms with Gasteiger partial charge in [0.25, 0.3) is 0 Å². The molecule has 0 aliphatic rings. The molecule has 0 amide bonds. The van der Waals surface area contributed by atoms with Crippen LogP contribution in [-0.4, -0.2) is 30.6 Å². The number of halogens is 1. The first-order chi connectivity index (χ1) is 11.6. The van der Waals surface area contributed by atoms with Crippen molar-refractivity contribution in [1.29, 1.82) is 0 Å². The molecule has 24 heavy (non-hydrogen) atoms. The van der Waals surface area contributed by atoms with Crippen LogP contribution in [-0.2, 0) is 14.3 Å². The summed E-state index contributed by atoms with van der Waals surface area (Å²) in [6.45, 7) is -0.438. The van der Waals surface area contributed by atoms with Crippen LogP contribution < -0.4 is 0 Å². The molecule has 0 saturated heterocycles. The van der Waals surface area contributed by atoms with E-state index in [1.807, 2.05) is 24.3 Å². The molecule has 0 fully saturated rings. The maximum Gasteiger partial charge on any atom is 0.344 e. The molecule has 0 saturated carbocycles. The quantitative estimate of drug-likeness (QED) is 0.658. The van der Waals surface area contributed by atoms with Crippen molar-refractivity contribution in [3.63, 3.8) is 0 Å². The molecule has 2 heterocycles. The van der Waals surface area contributed by atoms with E-state index in [9.17, 15) is 9.59 Å². The number of carbonyl (C=O) groups excluding carboxylic acids is 2. The number of para-hydroxylation sites is 1. The van der Waals surface area contributed by atoms with Crippen LogP contribution in [0.4, 0.5) is 0 Å². The van der Waals surface area contributed by atoms with Crippen molar-refractivity contribution in [2.75, 3.05) is 13.7 Å². The highest BCUT2D eigenvalue weighted by molar-refractivity contribution is 7.19. The number of esters is 2. The highest BCUT2D eigenvalue weighted by atomic mass is 35.5. The molecule has 0 bridgehead atoms. The van der Waals surface area contributed by atoms with E-state index in [4.69, 9.17) is 16.3 Å². The molecule has 5 nitrogen and oxygen atoms in total. The van der Waals surface area contributed by atoms with E-state index in [2.05, 4.69) is 9.72 Å². The molecule has 0 aliphatic carbocycles. The number of aromatic nitrogens is 1. The van der Waals surface area contributed by atoms with Gasteiger partial charge < -0.3 is 9.47 Å². The number of methoxy groups -OCH3 is 1. The van der Waals surface area contributed by atoms with Crippen molar-refractivity contribution < 1.29 is 19.1 Å². The summed E-state index contributed by atoms with van der Waals surface area (Å²) >= 11 is 7.35. The van der Waals surface area contributed by atoms with Crippen LogP contribution in [0.3, 0.4) is 0 Å². The van der Waals surface area contributed by atoms with Crippen molar-refractivity contribution in [2.24, 2.45) is 0 Å². The number of hydrogen-bond acceptors (Lipinski definition) is 6. The summed E-state index contributed by atoms with van der Waals surface area (Å²) in [5.74, 6) is -1.23. The fourth-order valence-corrected chi connectivity index (χ4v) is 3.19. The van der Waals surface area contributed by atoms with Crippen molar-refractivity contribution in [1.82, 2.24) is 4.98 Å². The third kappa shape index (κ3) is 3.39. The topological polar surface area (TPSA) is 65.5 Å². The predicted octanol–water partition coefficient (Wildman–Crippen LogP) is 3.95. The highest BCUT2D eigenvalue weighted by Gasteiger charge is 2.17. The molecule has 0 aliphatic heterocycles. The maximum atomic E-state index is 12.4. The molecule has 0 atom stereocenters. The molecule has 0 radical (unpaired) electrons. The number of carbonyl (C=O) groups is 2. The van der Waals surface area contributed by atoms with Gasteiger partial charge in [-0.05, 0) is 24.3 Å². The van der Waals surface area contributed by atoms with Gasteiger partial charge in [0, 0.05) is 5.39 Å². The van der Waals surface area contributed by atoms with E-state index in [-0.39, 0.29) is 0 Å². The van der Waals surface area contributed by atoms with Crippen LogP contribution in [0.2, 0.25) is 4.34 Å². The van der Waals surface area contributed by atoms with Gasteiger partial charge in [-0.3, -0.25) is 0 Å². The Bertz CT molecular complexity index is 922. The first-order valence-electron chi connectivity index (χ1n) is 6.98. The SMILES string of the molecule is COC(=O)COC(=O)c1cc(-c2ccc(Cl)s2)nc2ccccc12. The smallest absolute Gasteiger partial charge is 0.344 e. The Morgan fingerprint density at radius 1 is 1.21 bits per heavy atom. The van der Waals surface area contributed by atoms with E-state index >= 15 is 0 Å².